The highest BCUT2D eigenvalue weighted by Crippen LogP contribution is 1.90. The Hall–Kier alpha value is -1.75. The molecule has 0 aromatic carbocycles. The van der Waals surface area contributed by atoms with E-state index in [2.05, 4.69) is 15.6 Å². The third-order valence-corrected chi connectivity index (χ3v) is 1.63. The molecule has 0 spiro atoms. The van der Waals surface area contributed by atoms with Crippen LogP contribution in [0, 0.1) is 0 Å². The van der Waals surface area contributed by atoms with Crippen molar-refractivity contribution >= 4 is 11.8 Å². The van der Waals surface area contributed by atoms with Gasteiger partial charge in [-0.15, -0.1) is 0 Å². The van der Waals surface area contributed by atoms with Crippen molar-refractivity contribution in [2.75, 3.05) is 6.54 Å². The van der Waals surface area contributed by atoms with Gasteiger partial charge in [0.15, 0.2) is 0 Å². The second-order valence-corrected chi connectivity index (χ2v) is 3.03. The number of hydrogen-bond acceptors (Lipinski definition) is 4. The zero-order valence-electron chi connectivity index (χ0n) is 8.49. The van der Waals surface area contributed by atoms with Gasteiger partial charge in [0.1, 0.15) is 0 Å². The number of pyridine rings is 1. The lowest BCUT2D eigenvalue weighted by Crippen LogP contribution is -2.36. The average molecular weight is 207 g/mol. The lowest BCUT2D eigenvalue weighted by molar-refractivity contribution is -0.128. The molecule has 5 heteroatoms. The molecule has 0 aliphatic heterocycles. The zero-order valence-corrected chi connectivity index (χ0v) is 8.49. The molecule has 1 rings (SSSR count). The number of nitrogens with one attached hydrogen (secondary N) is 2. The number of rotatable bonds is 4. The topological polar surface area (TPSA) is 71.1 Å². The van der Waals surface area contributed by atoms with Crippen LogP contribution in [0.15, 0.2) is 24.4 Å². The van der Waals surface area contributed by atoms with Crippen molar-refractivity contribution in [3.8, 4) is 0 Å². The molecule has 0 saturated carbocycles. The van der Waals surface area contributed by atoms with E-state index in [9.17, 15) is 9.59 Å². The molecule has 2 amide bonds. The van der Waals surface area contributed by atoms with Gasteiger partial charge in [-0.25, -0.2) is 0 Å². The van der Waals surface area contributed by atoms with Crippen molar-refractivity contribution in [3.05, 3.63) is 30.1 Å². The first kappa shape index (κ1) is 11.3. The Bertz CT molecular complexity index is 338. The van der Waals surface area contributed by atoms with Crippen molar-refractivity contribution in [1.29, 1.82) is 0 Å². The number of hydrogen-bond donors (Lipinski definition) is 2. The molecule has 80 valence electrons. The van der Waals surface area contributed by atoms with Crippen LogP contribution in [-0.2, 0) is 16.1 Å². The van der Waals surface area contributed by atoms with Gasteiger partial charge in [-0.3, -0.25) is 19.9 Å². The molecule has 5 nitrogen and oxygen atoms in total. The molecule has 2 N–H and O–H groups in total. The van der Waals surface area contributed by atoms with Crippen molar-refractivity contribution in [1.82, 2.24) is 15.6 Å². The van der Waals surface area contributed by atoms with E-state index in [0.717, 1.165) is 5.69 Å². The van der Waals surface area contributed by atoms with Gasteiger partial charge in [0, 0.05) is 19.7 Å². The summed E-state index contributed by atoms with van der Waals surface area (Å²) in [5.74, 6) is -0.682. The van der Waals surface area contributed by atoms with Crippen LogP contribution in [0.2, 0.25) is 0 Å². The summed E-state index contributed by atoms with van der Waals surface area (Å²) in [6.07, 6.45) is 1.69. The maximum atomic E-state index is 11.0. The summed E-state index contributed by atoms with van der Waals surface area (Å²) in [5, 5.41) is 5.05. The number of imide groups is 1. The third-order valence-electron chi connectivity index (χ3n) is 1.63. The Morgan fingerprint density at radius 3 is 2.80 bits per heavy atom. The van der Waals surface area contributed by atoms with Crippen molar-refractivity contribution in [2.45, 2.75) is 13.5 Å². The third kappa shape index (κ3) is 4.87. The predicted octanol–water partition coefficient (Wildman–Crippen LogP) is -0.166. The van der Waals surface area contributed by atoms with E-state index in [1.54, 1.807) is 6.20 Å². The van der Waals surface area contributed by atoms with E-state index in [1.807, 2.05) is 18.2 Å². The molecule has 0 bridgehead atoms. The van der Waals surface area contributed by atoms with Gasteiger partial charge in [0.25, 0.3) is 0 Å². The molecular weight excluding hydrogens is 194 g/mol. The summed E-state index contributed by atoms with van der Waals surface area (Å²) in [4.78, 5) is 25.6. The highest BCUT2D eigenvalue weighted by molar-refractivity contribution is 5.94. The van der Waals surface area contributed by atoms with Crippen LogP contribution in [0.25, 0.3) is 0 Å². The number of carbonyl (C=O) groups is 2. The molecule has 0 unspecified atom stereocenters. The smallest absolute Gasteiger partial charge is 0.240 e. The van der Waals surface area contributed by atoms with Crippen LogP contribution in [-0.4, -0.2) is 23.3 Å². The molecule has 1 aromatic heterocycles. The standard InChI is InChI=1S/C10H13N3O2/c1-8(14)13-10(15)7-11-6-9-4-2-3-5-12-9/h2-5,11H,6-7H2,1H3,(H,13,14,15). The highest BCUT2D eigenvalue weighted by Gasteiger charge is 2.02. The number of aromatic nitrogens is 1. The molecule has 0 fully saturated rings. The Labute approximate surface area is 87.9 Å². The SMILES string of the molecule is CC(=O)NC(=O)CNCc1ccccn1. The van der Waals surface area contributed by atoms with E-state index < -0.39 is 0 Å². The Morgan fingerprint density at radius 2 is 2.20 bits per heavy atom. The normalized spacial score (nSPS) is 9.67. The van der Waals surface area contributed by atoms with E-state index in [-0.39, 0.29) is 18.4 Å². The van der Waals surface area contributed by atoms with E-state index in [1.165, 1.54) is 6.92 Å². The summed E-state index contributed by atoms with van der Waals surface area (Å²) >= 11 is 0. The highest BCUT2D eigenvalue weighted by atomic mass is 16.2. The van der Waals surface area contributed by atoms with E-state index in [0.29, 0.717) is 6.54 Å². The number of nitrogens with zero attached hydrogens (tertiary/aromatic N) is 1. The second kappa shape index (κ2) is 5.87. The van der Waals surface area contributed by atoms with Gasteiger partial charge < -0.3 is 5.32 Å². The monoisotopic (exact) mass is 207 g/mol. The van der Waals surface area contributed by atoms with Gasteiger partial charge in [-0.2, -0.15) is 0 Å². The van der Waals surface area contributed by atoms with Crippen LogP contribution in [0.3, 0.4) is 0 Å². The van der Waals surface area contributed by atoms with Gasteiger partial charge >= 0.3 is 0 Å². The molecule has 0 aliphatic rings. The van der Waals surface area contributed by atoms with Crippen LogP contribution in [0.4, 0.5) is 0 Å². The number of amides is 2. The summed E-state index contributed by atoms with van der Waals surface area (Å²) < 4.78 is 0. The molecule has 1 heterocycles. The van der Waals surface area contributed by atoms with Crippen LogP contribution >= 0.6 is 0 Å². The van der Waals surface area contributed by atoms with E-state index in [4.69, 9.17) is 0 Å². The maximum Gasteiger partial charge on any atom is 0.240 e. The van der Waals surface area contributed by atoms with Crippen LogP contribution in [0.1, 0.15) is 12.6 Å². The summed E-state index contributed by atoms with van der Waals surface area (Å²) in [6.45, 7) is 1.92. The Morgan fingerprint density at radius 1 is 1.40 bits per heavy atom. The quantitative estimate of drug-likeness (QED) is 0.719. The predicted molar refractivity (Wildman–Crippen MR) is 54.8 cm³/mol. The van der Waals surface area contributed by atoms with Crippen molar-refractivity contribution in [2.24, 2.45) is 0 Å². The molecule has 0 aliphatic carbocycles. The second-order valence-electron chi connectivity index (χ2n) is 3.03. The minimum absolute atomic E-state index is 0.107. The lowest BCUT2D eigenvalue weighted by atomic mass is 10.3. The summed E-state index contributed by atoms with van der Waals surface area (Å²) in [6, 6.07) is 5.56. The van der Waals surface area contributed by atoms with Crippen LogP contribution in [0.5, 0.6) is 0 Å². The lowest BCUT2D eigenvalue weighted by Gasteiger charge is -2.03. The van der Waals surface area contributed by atoms with Gasteiger partial charge in [-0.1, -0.05) is 6.07 Å². The Kier molecular flexibility index (Phi) is 4.43. The van der Waals surface area contributed by atoms with Gasteiger partial charge in [0.05, 0.1) is 12.2 Å². The molecule has 0 atom stereocenters. The molecule has 0 saturated heterocycles. The molecule has 15 heavy (non-hydrogen) atoms. The summed E-state index contributed by atoms with van der Waals surface area (Å²) in [7, 11) is 0. The van der Waals surface area contributed by atoms with Crippen molar-refractivity contribution in [3.63, 3.8) is 0 Å². The minimum atomic E-state index is -0.348. The first-order chi connectivity index (χ1) is 7.18. The van der Waals surface area contributed by atoms with Gasteiger partial charge in [0.2, 0.25) is 11.8 Å². The zero-order chi connectivity index (χ0) is 11.1. The van der Waals surface area contributed by atoms with Crippen LogP contribution < -0.4 is 10.6 Å². The van der Waals surface area contributed by atoms with E-state index >= 15 is 0 Å². The minimum Gasteiger partial charge on any atom is -0.303 e. The first-order valence-corrected chi connectivity index (χ1v) is 4.59. The summed E-state index contributed by atoms with van der Waals surface area (Å²) in [5.41, 5.74) is 0.855. The molecule has 1 aromatic rings. The van der Waals surface area contributed by atoms with Crippen molar-refractivity contribution < 1.29 is 9.59 Å². The molecular formula is C10H13N3O2. The fourth-order valence-corrected chi connectivity index (χ4v) is 1.05. The van der Waals surface area contributed by atoms with Gasteiger partial charge in [-0.05, 0) is 12.1 Å². The maximum absolute atomic E-state index is 11.0. The fourth-order valence-electron chi connectivity index (χ4n) is 1.05. The average Bonchev–Trinajstić information content (AvgIpc) is 2.18. The fraction of sp³-hybridized carbons (Fsp3) is 0.300. The molecule has 0 radical (unpaired) electrons. The number of carbonyl (C=O) groups excluding carboxylic acids is 2. The largest absolute Gasteiger partial charge is 0.303 e. The first-order valence-electron chi connectivity index (χ1n) is 4.59. The Balaban J connectivity index is 2.22.